The van der Waals surface area contributed by atoms with Crippen LogP contribution in [0.3, 0.4) is 0 Å². The molecule has 2 heterocycles. The number of sulfonamides is 1. The van der Waals surface area contributed by atoms with Crippen LogP contribution in [-0.4, -0.2) is 41.7 Å². The molecule has 1 fully saturated rings. The number of benzene rings is 2. The van der Waals surface area contributed by atoms with Crippen LogP contribution in [0.15, 0.2) is 42.5 Å². The number of hydrogen-bond acceptors (Lipinski definition) is 6. The highest BCUT2D eigenvalue weighted by Crippen LogP contribution is 2.30. The molecular weight excluding hydrogens is 398 g/mol. The van der Waals surface area contributed by atoms with Gasteiger partial charge in [0.05, 0.1) is 28.3 Å². The van der Waals surface area contributed by atoms with Gasteiger partial charge in [0.15, 0.2) is 5.82 Å². The molecule has 1 aliphatic rings. The van der Waals surface area contributed by atoms with Crippen molar-refractivity contribution in [1.29, 1.82) is 0 Å². The summed E-state index contributed by atoms with van der Waals surface area (Å²) < 4.78 is 25.7. The van der Waals surface area contributed by atoms with Crippen molar-refractivity contribution in [1.82, 2.24) is 10.2 Å². The van der Waals surface area contributed by atoms with Gasteiger partial charge in [-0.3, -0.25) is 24.3 Å². The predicted octanol–water partition coefficient (Wildman–Crippen LogP) is 2.19. The summed E-state index contributed by atoms with van der Waals surface area (Å²) in [7, 11) is -3.31. The number of carbonyl (C=O) groups is 1. The summed E-state index contributed by atoms with van der Waals surface area (Å²) >= 11 is 0. The number of nitrogens with one attached hydrogen (secondary N) is 2. The van der Waals surface area contributed by atoms with Gasteiger partial charge in [-0.25, -0.2) is 8.42 Å². The topological polar surface area (TPSA) is 138 Å². The fourth-order valence-corrected chi connectivity index (χ4v) is 4.84. The van der Waals surface area contributed by atoms with E-state index in [1.54, 1.807) is 18.2 Å². The largest absolute Gasteiger partial charge is 0.308 e. The predicted molar refractivity (Wildman–Crippen MR) is 107 cm³/mol. The molecule has 1 aromatic heterocycles. The number of hydrogen-bond donors (Lipinski definition) is 2. The van der Waals surface area contributed by atoms with Crippen LogP contribution in [0.2, 0.25) is 0 Å². The van der Waals surface area contributed by atoms with Crippen LogP contribution in [0.5, 0.6) is 0 Å². The lowest BCUT2D eigenvalue weighted by atomic mass is 10.1. The Morgan fingerprint density at radius 2 is 2.00 bits per heavy atom. The summed E-state index contributed by atoms with van der Waals surface area (Å²) in [4.78, 5) is 22.6. The van der Waals surface area contributed by atoms with Crippen molar-refractivity contribution in [3.05, 3.63) is 58.1 Å². The summed E-state index contributed by atoms with van der Waals surface area (Å²) in [6.07, 6.45) is 0.594. The zero-order chi connectivity index (χ0) is 20.6. The summed E-state index contributed by atoms with van der Waals surface area (Å²) in [5.74, 6) is 0.0757. The highest BCUT2D eigenvalue weighted by molar-refractivity contribution is 7.93. The molecule has 150 valence electrons. The first-order chi connectivity index (χ1) is 13.8. The fraction of sp³-hybridized carbons (Fsp3) is 0.222. The van der Waals surface area contributed by atoms with Gasteiger partial charge in [-0.1, -0.05) is 12.1 Å². The molecule has 0 aliphatic carbocycles. The molecule has 1 amide bonds. The first-order valence-electron chi connectivity index (χ1n) is 8.85. The monoisotopic (exact) mass is 415 g/mol. The maximum absolute atomic E-state index is 12.4. The second-order valence-electron chi connectivity index (χ2n) is 6.69. The van der Waals surface area contributed by atoms with Crippen molar-refractivity contribution in [2.75, 3.05) is 21.9 Å². The summed E-state index contributed by atoms with van der Waals surface area (Å²) in [6.45, 7) is 0.424. The van der Waals surface area contributed by atoms with E-state index in [0.29, 0.717) is 40.9 Å². The maximum atomic E-state index is 12.4. The van der Waals surface area contributed by atoms with Gasteiger partial charge in [0.25, 0.3) is 5.69 Å². The Balaban J connectivity index is 1.54. The fourth-order valence-electron chi connectivity index (χ4n) is 3.28. The second-order valence-corrected chi connectivity index (χ2v) is 8.71. The van der Waals surface area contributed by atoms with Gasteiger partial charge in [-0.05, 0) is 30.2 Å². The molecule has 0 radical (unpaired) electrons. The van der Waals surface area contributed by atoms with E-state index < -0.39 is 14.9 Å². The van der Waals surface area contributed by atoms with Gasteiger partial charge < -0.3 is 5.32 Å². The number of nitrogens with zero attached hydrogens (tertiary/aromatic N) is 3. The van der Waals surface area contributed by atoms with Gasteiger partial charge >= 0.3 is 0 Å². The Kier molecular flexibility index (Phi) is 4.66. The number of nitro groups is 1. The molecule has 10 nitrogen and oxygen atoms in total. The summed E-state index contributed by atoms with van der Waals surface area (Å²) in [5.41, 5.74) is 1.77. The molecule has 3 aromatic rings. The van der Waals surface area contributed by atoms with Crippen molar-refractivity contribution in [3.63, 3.8) is 0 Å². The lowest BCUT2D eigenvalue weighted by Crippen LogP contribution is -2.24. The van der Waals surface area contributed by atoms with Crippen LogP contribution >= 0.6 is 0 Å². The average Bonchev–Trinajstić information content (AvgIpc) is 3.24. The second kappa shape index (κ2) is 7.17. The zero-order valence-electron chi connectivity index (χ0n) is 15.2. The van der Waals surface area contributed by atoms with E-state index in [9.17, 15) is 23.3 Å². The van der Waals surface area contributed by atoms with E-state index in [2.05, 4.69) is 15.5 Å². The number of amides is 1. The number of non-ortho nitro benzene ring substituents is 1. The van der Waals surface area contributed by atoms with E-state index in [0.717, 1.165) is 0 Å². The lowest BCUT2D eigenvalue weighted by Gasteiger charge is -2.16. The van der Waals surface area contributed by atoms with Gasteiger partial charge in [0, 0.05) is 24.1 Å². The van der Waals surface area contributed by atoms with Gasteiger partial charge in [-0.2, -0.15) is 5.10 Å². The first kappa shape index (κ1) is 18.9. The first-order valence-corrected chi connectivity index (χ1v) is 10.5. The van der Waals surface area contributed by atoms with Crippen molar-refractivity contribution >= 4 is 44.0 Å². The van der Waals surface area contributed by atoms with E-state index >= 15 is 0 Å². The van der Waals surface area contributed by atoms with Crippen molar-refractivity contribution in [3.8, 4) is 0 Å². The molecule has 2 aromatic carbocycles. The number of nitro benzene ring substituents is 1. The van der Waals surface area contributed by atoms with Crippen molar-refractivity contribution in [2.24, 2.45) is 0 Å². The average molecular weight is 415 g/mol. The Bertz CT molecular complexity index is 1200. The lowest BCUT2D eigenvalue weighted by molar-refractivity contribution is -0.384. The number of anilines is 2. The SMILES string of the molecule is O=C(Cc1ccc([N+](=O)[O-])cc1)Nc1n[nH]c2ccc(N3CCCS3(=O)=O)cc12. The van der Waals surface area contributed by atoms with E-state index in [4.69, 9.17) is 0 Å². The zero-order valence-corrected chi connectivity index (χ0v) is 16.0. The Morgan fingerprint density at radius 1 is 1.24 bits per heavy atom. The molecule has 0 atom stereocenters. The molecule has 11 heteroatoms. The molecule has 1 aliphatic heterocycles. The summed E-state index contributed by atoms with van der Waals surface area (Å²) in [5, 5.41) is 20.9. The molecule has 1 saturated heterocycles. The third-order valence-electron chi connectivity index (χ3n) is 4.70. The normalized spacial score (nSPS) is 15.5. The molecule has 4 rings (SSSR count). The Labute approximate surface area is 165 Å². The molecule has 29 heavy (non-hydrogen) atoms. The number of aromatic amines is 1. The molecule has 0 spiro atoms. The Hall–Kier alpha value is -3.47. The van der Waals surface area contributed by atoms with Gasteiger partial charge in [0.1, 0.15) is 0 Å². The van der Waals surface area contributed by atoms with Crippen molar-refractivity contribution in [2.45, 2.75) is 12.8 Å². The molecule has 0 saturated carbocycles. The van der Waals surface area contributed by atoms with Crippen LogP contribution in [0.25, 0.3) is 10.9 Å². The summed E-state index contributed by atoms with van der Waals surface area (Å²) in [6, 6.07) is 10.8. The number of carbonyl (C=O) groups excluding carboxylic acids is 1. The highest BCUT2D eigenvalue weighted by Gasteiger charge is 2.28. The number of fused-ring (bicyclic) bond motifs is 1. The minimum absolute atomic E-state index is 0.0204. The maximum Gasteiger partial charge on any atom is 0.269 e. The van der Waals surface area contributed by atoms with Crippen LogP contribution in [0, 0.1) is 10.1 Å². The van der Waals surface area contributed by atoms with Gasteiger partial charge in [-0.15, -0.1) is 0 Å². The molecule has 2 N–H and O–H groups in total. The van der Waals surface area contributed by atoms with E-state index in [-0.39, 0.29) is 23.8 Å². The van der Waals surface area contributed by atoms with Crippen LogP contribution in [0.4, 0.5) is 17.2 Å². The third-order valence-corrected chi connectivity index (χ3v) is 6.57. The minimum atomic E-state index is -3.31. The van der Waals surface area contributed by atoms with E-state index in [1.165, 1.54) is 28.6 Å². The minimum Gasteiger partial charge on any atom is -0.308 e. The third kappa shape index (κ3) is 3.76. The molecule has 0 unspecified atom stereocenters. The molecular formula is C18H17N5O5S. The van der Waals surface area contributed by atoms with Crippen LogP contribution in [0.1, 0.15) is 12.0 Å². The van der Waals surface area contributed by atoms with Crippen molar-refractivity contribution < 1.29 is 18.1 Å². The number of aromatic nitrogens is 2. The number of H-pyrrole nitrogens is 1. The van der Waals surface area contributed by atoms with Crippen LogP contribution < -0.4 is 9.62 Å². The smallest absolute Gasteiger partial charge is 0.269 e. The Morgan fingerprint density at radius 3 is 2.66 bits per heavy atom. The molecule has 0 bridgehead atoms. The number of rotatable bonds is 5. The van der Waals surface area contributed by atoms with Gasteiger partial charge in [0.2, 0.25) is 15.9 Å². The quantitative estimate of drug-likeness (QED) is 0.484. The standard InChI is InChI=1S/C18H17N5O5S/c24-17(10-12-2-4-13(5-3-12)23(25)26)19-18-15-11-14(6-7-16(15)20-21-18)22-8-1-9-29(22,27)28/h2-7,11H,1,8-10H2,(H2,19,20,21,24). The van der Waals surface area contributed by atoms with Crippen LogP contribution in [-0.2, 0) is 21.2 Å². The van der Waals surface area contributed by atoms with E-state index in [1.807, 2.05) is 0 Å². The highest BCUT2D eigenvalue weighted by atomic mass is 32.2.